The van der Waals surface area contributed by atoms with Gasteiger partial charge in [0.2, 0.25) is 0 Å². The molecule has 3 heteroatoms. The van der Waals surface area contributed by atoms with E-state index < -0.39 is 0 Å². The molecule has 2 fully saturated rings. The quantitative estimate of drug-likeness (QED) is 0.799. The Hall–Kier alpha value is 0.270. The summed E-state index contributed by atoms with van der Waals surface area (Å²) < 4.78 is 0. The van der Waals surface area contributed by atoms with E-state index in [1.165, 1.54) is 43.9 Å². The minimum absolute atomic E-state index is 0.780. The van der Waals surface area contributed by atoms with Crippen LogP contribution in [0.5, 0.6) is 0 Å². The summed E-state index contributed by atoms with van der Waals surface area (Å²) in [5.74, 6) is 4.34. The lowest BCUT2D eigenvalue weighted by atomic mass is 9.95. The Morgan fingerprint density at radius 1 is 1.33 bits per heavy atom. The van der Waals surface area contributed by atoms with E-state index in [2.05, 4.69) is 23.6 Å². The molecular weight excluding hydrogens is 204 g/mol. The molecule has 2 N–H and O–H groups in total. The van der Waals surface area contributed by atoms with Gasteiger partial charge in [0.25, 0.3) is 0 Å². The van der Waals surface area contributed by atoms with Crippen molar-refractivity contribution in [1.29, 1.82) is 0 Å². The molecule has 88 valence electrons. The number of nitrogens with two attached hydrogens (primary N) is 1. The van der Waals surface area contributed by atoms with Crippen molar-refractivity contribution in [2.75, 3.05) is 31.1 Å². The normalized spacial score (nSPS) is 38.4. The van der Waals surface area contributed by atoms with E-state index in [-0.39, 0.29) is 0 Å². The predicted octanol–water partition coefficient (Wildman–Crippen LogP) is 1.80. The first-order valence-electron chi connectivity index (χ1n) is 6.33. The van der Waals surface area contributed by atoms with Crippen molar-refractivity contribution in [3.05, 3.63) is 0 Å². The Labute approximate surface area is 98.0 Å². The number of hydrogen-bond acceptors (Lipinski definition) is 3. The zero-order valence-corrected chi connectivity index (χ0v) is 10.6. The Kier molecular flexibility index (Phi) is 4.35. The fourth-order valence-electron chi connectivity index (χ4n) is 3.00. The van der Waals surface area contributed by atoms with Crippen LogP contribution in [0, 0.1) is 11.8 Å². The average Bonchev–Trinajstić information content (AvgIpc) is 2.69. The summed E-state index contributed by atoms with van der Waals surface area (Å²) >= 11 is 2.10. The molecule has 0 aromatic heterocycles. The maximum absolute atomic E-state index is 5.84. The average molecular weight is 228 g/mol. The van der Waals surface area contributed by atoms with Crippen molar-refractivity contribution in [2.45, 2.75) is 32.2 Å². The van der Waals surface area contributed by atoms with Crippen molar-refractivity contribution in [3.63, 3.8) is 0 Å². The molecule has 1 heterocycles. The van der Waals surface area contributed by atoms with Crippen LogP contribution in [0.15, 0.2) is 0 Å². The summed E-state index contributed by atoms with van der Waals surface area (Å²) in [5.41, 5.74) is 5.84. The highest BCUT2D eigenvalue weighted by Gasteiger charge is 2.29. The van der Waals surface area contributed by atoms with Crippen LogP contribution in [0.4, 0.5) is 0 Å². The third kappa shape index (κ3) is 2.89. The first-order chi connectivity index (χ1) is 7.31. The topological polar surface area (TPSA) is 29.3 Å². The second-order valence-electron chi connectivity index (χ2n) is 5.11. The van der Waals surface area contributed by atoms with Gasteiger partial charge in [0.1, 0.15) is 0 Å². The molecule has 1 aliphatic carbocycles. The number of hydrogen-bond donors (Lipinski definition) is 1. The smallest absolute Gasteiger partial charge is 0.0158 e. The van der Waals surface area contributed by atoms with Crippen LogP contribution in [0.25, 0.3) is 0 Å². The van der Waals surface area contributed by atoms with Gasteiger partial charge in [-0.3, -0.25) is 4.90 Å². The molecule has 15 heavy (non-hydrogen) atoms. The molecule has 0 bridgehead atoms. The highest BCUT2D eigenvalue weighted by atomic mass is 32.2. The summed E-state index contributed by atoms with van der Waals surface area (Å²) in [4.78, 5) is 2.69. The molecular formula is C12H24N2S. The summed E-state index contributed by atoms with van der Waals surface area (Å²) in [6, 6.07) is 0.780. The molecule has 2 aliphatic rings. The van der Waals surface area contributed by atoms with E-state index in [0.717, 1.165) is 24.4 Å². The predicted molar refractivity (Wildman–Crippen MR) is 68.2 cm³/mol. The zero-order chi connectivity index (χ0) is 10.7. The van der Waals surface area contributed by atoms with Gasteiger partial charge in [-0.2, -0.15) is 11.8 Å². The fourth-order valence-corrected chi connectivity index (χ4v) is 4.08. The lowest BCUT2D eigenvalue weighted by Crippen LogP contribution is -2.44. The van der Waals surface area contributed by atoms with Crippen LogP contribution in [0.1, 0.15) is 26.2 Å². The van der Waals surface area contributed by atoms with Crippen molar-refractivity contribution >= 4 is 11.8 Å². The summed E-state index contributed by atoms with van der Waals surface area (Å²) in [7, 11) is 0. The first kappa shape index (κ1) is 11.7. The van der Waals surface area contributed by atoms with Gasteiger partial charge in [-0.15, -0.1) is 0 Å². The van der Waals surface area contributed by atoms with Crippen LogP contribution in [-0.4, -0.2) is 42.1 Å². The third-order valence-corrected chi connectivity index (χ3v) is 5.28. The molecule has 3 atom stereocenters. The maximum Gasteiger partial charge on any atom is 0.0158 e. The molecule has 0 radical (unpaired) electrons. The fraction of sp³-hybridized carbons (Fsp3) is 1.00. The minimum Gasteiger partial charge on any atom is -0.330 e. The molecule has 1 saturated carbocycles. The van der Waals surface area contributed by atoms with Gasteiger partial charge in [-0.25, -0.2) is 0 Å². The molecule has 0 aromatic rings. The van der Waals surface area contributed by atoms with Gasteiger partial charge < -0.3 is 5.73 Å². The van der Waals surface area contributed by atoms with Gasteiger partial charge >= 0.3 is 0 Å². The van der Waals surface area contributed by atoms with E-state index >= 15 is 0 Å². The van der Waals surface area contributed by atoms with Gasteiger partial charge in [-0.05, 0) is 38.1 Å². The van der Waals surface area contributed by atoms with E-state index in [0.29, 0.717) is 0 Å². The molecule has 2 nitrogen and oxygen atoms in total. The second kappa shape index (κ2) is 5.55. The molecule has 1 saturated heterocycles. The Bertz CT molecular complexity index is 198. The Morgan fingerprint density at radius 3 is 2.87 bits per heavy atom. The van der Waals surface area contributed by atoms with Crippen LogP contribution >= 0.6 is 11.8 Å². The largest absolute Gasteiger partial charge is 0.330 e. The van der Waals surface area contributed by atoms with E-state index in [1.54, 1.807) is 0 Å². The van der Waals surface area contributed by atoms with E-state index in [4.69, 9.17) is 5.73 Å². The summed E-state index contributed by atoms with van der Waals surface area (Å²) in [6.45, 7) is 5.88. The zero-order valence-electron chi connectivity index (χ0n) is 9.82. The van der Waals surface area contributed by atoms with Crippen LogP contribution in [0.2, 0.25) is 0 Å². The SMILES string of the molecule is CC1CSCCN1CC1CCCC1CN. The molecule has 2 rings (SSSR count). The van der Waals surface area contributed by atoms with Crippen LogP contribution in [0.3, 0.4) is 0 Å². The number of thioether (sulfide) groups is 1. The third-order valence-electron chi connectivity index (χ3n) is 4.09. The van der Waals surface area contributed by atoms with Crippen LogP contribution in [-0.2, 0) is 0 Å². The standard InChI is InChI=1S/C12H24N2S/c1-10-9-15-6-5-14(10)8-12-4-2-3-11(12)7-13/h10-12H,2-9,13H2,1H3. The second-order valence-corrected chi connectivity index (χ2v) is 6.26. The lowest BCUT2D eigenvalue weighted by Gasteiger charge is -2.36. The van der Waals surface area contributed by atoms with Crippen molar-refractivity contribution < 1.29 is 0 Å². The van der Waals surface area contributed by atoms with Gasteiger partial charge in [0.15, 0.2) is 0 Å². The highest BCUT2D eigenvalue weighted by Crippen LogP contribution is 2.32. The van der Waals surface area contributed by atoms with E-state index in [9.17, 15) is 0 Å². The van der Waals surface area contributed by atoms with Gasteiger partial charge in [-0.1, -0.05) is 6.42 Å². The molecule has 0 amide bonds. The van der Waals surface area contributed by atoms with Gasteiger partial charge in [0, 0.05) is 30.6 Å². The van der Waals surface area contributed by atoms with Crippen molar-refractivity contribution in [1.82, 2.24) is 4.90 Å². The summed E-state index contributed by atoms with van der Waals surface area (Å²) in [5, 5.41) is 0. The maximum atomic E-state index is 5.84. The Morgan fingerprint density at radius 2 is 2.13 bits per heavy atom. The lowest BCUT2D eigenvalue weighted by molar-refractivity contribution is 0.177. The Balaban J connectivity index is 1.84. The minimum atomic E-state index is 0.780. The number of rotatable bonds is 3. The monoisotopic (exact) mass is 228 g/mol. The first-order valence-corrected chi connectivity index (χ1v) is 7.48. The number of nitrogens with zero attached hydrogens (tertiary/aromatic N) is 1. The van der Waals surface area contributed by atoms with Crippen molar-refractivity contribution in [2.24, 2.45) is 17.6 Å². The van der Waals surface area contributed by atoms with Crippen molar-refractivity contribution in [3.8, 4) is 0 Å². The molecule has 0 spiro atoms. The van der Waals surface area contributed by atoms with E-state index in [1.807, 2.05) is 0 Å². The highest BCUT2D eigenvalue weighted by molar-refractivity contribution is 7.99. The molecule has 3 unspecified atom stereocenters. The molecule has 1 aliphatic heterocycles. The summed E-state index contributed by atoms with van der Waals surface area (Å²) in [6.07, 6.45) is 4.19. The molecule has 0 aromatic carbocycles. The van der Waals surface area contributed by atoms with Gasteiger partial charge in [0.05, 0.1) is 0 Å². The van der Waals surface area contributed by atoms with Crippen LogP contribution < -0.4 is 5.73 Å².